The van der Waals surface area contributed by atoms with Crippen LogP contribution in [-0.4, -0.2) is 10.9 Å². The molecule has 7 heteroatoms. The second-order valence-corrected chi connectivity index (χ2v) is 7.81. The fraction of sp³-hybridized carbons (Fsp3) is 0.278. The number of nitrogens with one attached hydrogen (secondary N) is 1. The summed E-state index contributed by atoms with van der Waals surface area (Å²) in [6.45, 7) is 0. The molecule has 5 nitrogen and oxygen atoms in total. The van der Waals surface area contributed by atoms with Gasteiger partial charge in [-0.25, -0.2) is 4.98 Å². The zero-order valence-corrected chi connectivity index (χ0v) is 15.0. The Kier molecular flexibility index (Phi) is 4.38. The Labute approximate surface area is 152 Å². The van der Waals surface area contributed by atoms with Crippen LogP contribution in [0.2, 0.25) is 0 Å². The number of fused-ring (bicyclic) bond motifs is 1. The van der Waals surface area contributed by atoms with Gasteiger partial charge in [-0.15, -0.1) is 22.7 Å². The highest BCUT2D eigenvalue weighted by molar-refractivity contribution is 7.16. The van der Waals surface area contributed by atoms with E-state index in [1.165, 1.54) is 34.0 Å². The number of hydrogen-bond acceptors (Lipinski definition) is 6. The molecule has 3 aromatic heterocycles. The summed E-state index contributed by atoms with van der Waals surface area (Å²) in [4.78, 5) is 18.1. The molecular weight excluding hydrogens is 354 g/mol. The first-order valence-corrected chi connectivity index (χ1v) is 9.81. The van der Waals surface area contributed by atoms with Crippen molar-refractivity contribution in [2.24, 2.45) is 0 Å². The fourth-order valence-electron chi connectivity index (χ4n) is 3.01. The van der Waals surface area contributed by atoms with Crippen LogP contribution in [0, 0.1) is 11.3 Å². The number of anilines is 1. The van der Waals surface area contributed by atoms with E-state index in [0.717, 1.165) is 31.2 Å². The van der Waals surface area contributed by atoms with Crippen LogP contribution in [-0.2, 0) is 12.8 Å². The number of aryl methyl sites for hydroxylation is 1. The van der Waals surface area contributed by atoms with E-state index in [4.69, 9.17) is 4.42 Å². The molecule has 1 aliphatic rings. The Balaban J connectivity index is 1.58. The maximum absolute atomic E-state index is 12.5. The van der Waals surface area contributed by atoms with E-state index in [0.29, 0.717) is 27.0 Å². The van der Waals surface area contributed by atoms with Gasteiger partial charge in [-0.1, -0.05) is 6.42 Å². The highest BCUT2D eigenvalue weighted by Crippen LogP contribution is 2.37. The average Bonchev–Trinajstić information content (AvgIpc) is 3.32. The highest BCUT2D eigenvalue weighted by atomic mass is 32.1. The molecule has 0 aromatic carbocycles. The van der Waals surface area contributed by atoms with Crippen molar-refractivity contribution in [2.75, 3.05) is 5.32 Å². The van der Waals surface area contributed by atoms with E-state index in [-0.39, 0.29) is 5.91 Å². The minimum absolute atomic E-state index is 0.290. The maximum Gasteiger partial charge on any atom is 0.275 e. The van der Waals surface area contributed by atoms with E-state index in [1.54, 1.807) is 17.7 Å². The van der Waals surface area contributed by atoms with Crippen molar-refractivity contribution in [3.8, 4) is 16.8 Å². The van der Waals surface area contributed by atoms with E-state index in [9.17, 15) is 10.1 Å². The minimum atomic E-state index is -0.290. The van der Waals surface area contributed by atoms with Crippen LogP contribution in [0.25, 0.3) is 10.8 Å². The lowest BCUT2D eigenvalue weighted by Gasteiger charge is -2.01. The molecule has 25 heavy (non-hydrogen) atoms. The number of amides is 1. The molecule has 1 amide bonds. The molecule has 4 rings (SSSR count). The summed E-state index contributed by atoms with van der Waals surface area (Å²) in [6.07, 6.45) is 6.93. The lowest BCUT2D eigenvalue weighted by atomic mass is 10.1. The van der Waals surface area contributed by atoms with Gasteiger partial charge in [0.1, 0.15) is 16.8 Å². The zero-order chi connectivity index (χ0) is 17.2. The summed E-state index contributed by atoms with van der Waals surface area (Å²) in [5.41, 5.74) is 2.08. The SMILES string of the molecule is N#Cc1c(NC(=O)c2csc(-c3ccco3)n2)sc2c1CCCCC2. The van der Waals surface area contributed by atoms with Gasteiger partial charge in [-0.2, -0.15) is 5.26 Å². The Morgan fingerprint density at radius 2 is 2.20 bits per heavy atom. The predicted octanol–water partition coefficient (Wildman–Crippen LogP) is 4.86. The van der Waals surface area contributed by atoms with Crippen molar-refractivity contribution in [1.29, 1.82) is 5.26 Å². The molecule has 0 radical (unpaired) electrons. The standard InChI is InChI=1S/C18H15N3O2S2/c19-9-12-11-5-2-1-3-7-15(11)25-17(12)21-16(22)13-10-24-18(20-13)14-6-4-8-23-14/h4,6,8,10H,1-3,5,7H2,(H,21,22). The fourth-order valence-corrected chi connectivity index (χ4v) is 5.01. The first-order valence-electron chi connectivity index (χ1n) is 8.11. The van der Waals surface area contributed by atoms with Crippen LogP contribution in [0.3, 0.4) is 0 Å². The van der Waals surface area contributed by atoms with E-state index >= 15 is 0 Å². The molecular formula is C18H15N3O2S2. The van der Waals surface area contributed by atoms with Gasteiger partial charge in [0.05, 0.1) is 11.8 Å². The number of thiophene rings is 1. The zero-order valence-electron chi connectivity index (χ0n) is 13.4. The van der Waals surface area contributed by atoms with Crippen LogP contribution in [0.15, 0.2) is 28.2 Å². The molecule has 1 N–H and O–H groups in total. The molecule has 0 fully saturated rings. The third kappa shape index (κ3) is 3.11. The van der Waals surface area contributed by atoms with Gasteiger partial charge in [0, 0.05) is 10.3 Å². The lowest BCUT2D eigenvalue weighted by Crippen LogP contribution is -2.12. The van der Waals surface area contributed by atoms with Gasteiger partial charge in [0.25, 0.3) is 5.91 Å². The quantitative estimate of drug-likeness (QED) is 0.669. The van der Waals surface area contributed by atoms with Crippen molar-refractivity contribution in [3.05, 3.63) is 45.5 Å². The molecule has 126 valence electrons. The van der Waals surface area contributed by atoms with Crippen LogP contribution in [0.5, 0.6) is 0 Å². The number of furan rings is 1. The van der Waals surface area contributed by atoms with Crippen molar-refractivity contribution in [2.45, 2.75) is 32.1 Å². The molecule has 3 aromatic rings. The highest BCUT2D eigenvalue weighted by Gasteiger charge is 2.22. The van der Waals surface area contributed by atoms with Gasteiger partial charge >= 0.3 is 0 Å². The number of hydrogen-bond donors (Lipinski definition) is 1. The molecule has 0 unspecified atom stereocenters. The first kappa shape index (κ1) is 16.1. The number of thiazole rings is 1. The normalized spacial score (nSPS) is 13.7. The summed E-state index contributed by atoms with van der Waals surface area (Å²) < 4.78 is 5.31. The Morgan fingerprint density at radius 1 is 1.32 bits per heavy atom. The van der Waals surface area contributed by atoms with E-state index in [1.807, 2.05) is 6.07 Å². The largest absolute Gasteiger partial charge is 0.462 e. The number of rotatable bonds is 3. The molecule has 0 bridgehead atoms. The number of nitrogens with zero attached hydrogens (tertiary/aromatic N) is 2. The van der Waals surface area contributed by atoms with Crippen LogP contribution in [0.1, 0.15) is 45.8 Å². The van der Waals surface area contributed by atoms with Crippen molar-refractivity contribution in [1.82, 2.24) is 4.98 Å². The lowest BCUT2D eigenvalue weighted by molar-refractivity contribution is 0.102. The summed E-state index contributed by atoms with van der Waals surface area (Å²) in [5, 5.41) is 15.4. The second-order valence-electron chi connectivity index (χ2n) is 5.85. The van der Waals surface area contributed by atoms with Gasteiger partial charge in [0.15, 0.2) is 10.8 Å². The number of aromatic nitrogens is 1. The Morgan fingerprint density at radius 3 is 3.00 bits per heavy atom. The predicted molar refractivity (Wildman–Crippen MR) is 98.1 cm³/mol. The molecule has 0 atom stereocenters. The van der Waals surface area contributed by atoms with Crippen molar-refractivity contribution in [3.63, 3.8) is 0 Å². The van der Waals surface area contributed by atoms with Crippen LogP contribution < -0.4 is 5.32 Å². The smallest absolute Gasteiger partial charge is 0.275 e. The topological polar surface area (TPSA) is 78.9 Å². The van der Waals surface area contributed by atoms with Crippen molar-refractivity contribution < 1.29 is 9.21 Å². The maximum atomic E-state index is 12.5. The van der Waals surface area contributed by atoms with Crippen LogP contribution in [0.4, 0.5) is 5.00 Å². The van der Waals surface area contributed by atoms with E-state index < -0.39 is 0 Å². The van der Waals surface area contributed by atoms with Gasteiger partial charge in [0.2, 0.25) is 0 Å². The minimum Gasteiger partial charge on any atom is -0.462 e. The Hall–Kier alpha value is -2.43. The third-order valence-corrected chi connectivity index (χ3v) is 6.29. The molecule has 0 spiro atoms. The Bertz CT molecular complexity index is 948. The molecule has 0 saturated heterocycles. The average molecular weight is 369 g/mol. The van der Waals surface area contributed by atoms with Crippen molar-refractivity contribution >= 4 is 33.6 Å². The van der Waals surface area contributed by atoms with Gasteiger partial charge in [-0.05, 0) is 43.4 Å². The first-order chi connectivity index (χ1) is 12.3. The number of carbonyl (C=O) groups excluding carboxylic acids is 1. The summed E-state index contributed by atoms with van der Waals surface area (Å²) in [5.74, 6) is 0.353. The van der Waals surface area contributed by atoms with Gasteiger partial charge in [-0.3, -0.25) is 4.79 Å². The molecule has 1 aliphatic carbocycles. The second kappa shape index (κ2) is 6.82. The van der Waals surface area contributed by atoms with E-state index in [2.05, 4.69) is 16.4 Å². The summed E-state index contributed by atoms with van der Waals surface area (Å²) in [6, 6.07) is 5.88. The summed E-state index contributed by atoms with van der Waals surface area (Å²) >= 11 is 2.89. The third-order valence-electron chi connectivity index (χ3n) is 4.23. The molecule has 0 saturated carbocycles. The molecule has 3 heterocycles. The summed E-state index contributed by atoms with van der Waals surface area (Å²) in [7, 11) is 0. The van der Waals surface area contributed by atoms with Gasteiger partial charge < -0.3 is 9.73 Å². The van der Waals surface area contributed by atoms with Crippen LogP contribution >= 0.6 is 22.7 Å². The monoisotopic (exact) mass is 369 g/mol. The molecule has 0 aliphatic heterocycles. The number of carbonyl (C=O) groups is 1. The number of nitriles is 1.